The zero-order valence-electron chi connectivity index (χ0n) is 15.2. The van der Waals surface area contributed by atoms with E-state index in [0.29, 0.717) is 0 Å². The molecule has 0 spiro atoms. The van der Waals surface area contributed by atoms with Gasteiger partial charge in [-0.1, -0.05) is 94.0 Å². The van der Waals surface area contributed by atoms with Crippen molar-refractivity contribution in [2.75, 3.05) is 6.61 Å². The third kappa shape index (κ3) is 9.40. The van der Waals surface area contributed by atoms with Gasteiger partial charge in [0.05, 0.1) is 11.6 Å². The second-order valence-corrected chi connectivity index (χ2v) is 10.0. The molecule has 1 rings (SSSR count). The lowest BCUT2D eigenvalue weighted by Crippen LogP contribution is -2.39. The number of rotatable bonds is 14. The van der Waals surface area contributed by atoms with Crippen molar-refractivity contribution in [1.82, 2.24) is 0 Å². The number of aliphatic hydroxyl groups excluding tert-OH is 1. The molecule has 1 unspecified atom stereocenters. The van der Waals surface area contributed by atoms with E-state index in [4.69, 9.17) is 4.74 Å². The fourth-order valence-corrected chi connectivity index (χ4v) is 6.45. The van der Waals surface area contributed by atoms with Gasteiger partial charge in [-0.3, -0.25) is 0 Å². The summed E-state index contributed by atoms with van der Waals surface area (Å²) in [7, 11) is 0. The predicted molar refractivity (Wildman–Crippen MR) is 102 cm³/mol. The van der Waals surface area contributed by atoms with Crippen molar-refractivity contribution in [2.24, 2.45) is 0 Å². The van der Waals surface area contributed by atoms with E-state index in [1.165, 1.54) is 61.9 Å². The Morgan fingerprint density at radius 2 is 1.43 bits per heavy atom. The summed E-state index contributed by atoms with van der Waals surface area (Å²) in [6.07, 6.45) is 10.5. The molecule has 0 heterocycles. The van der Waals surface area contributed by atoms with Crippen molar-refractivity contribution in [3.05, 3.63) is 30.3 Å². The molecule has 0 saturated heterocycles. The van der Waals surface area contributed by atoms with Gasteiger partial charge in [0, 0.05) is 0 Å². The van der Waals surface area contributed by atoms with Crippen LogP contribution in [0.25, 0.3) is 0 Å². The van der Waals surface area contributed by atoms with Crippen LogP contribution in [0.15, 0.2) is 30.3 Å². The number of hydrogen-bond donors (Lipinski definition) is 1. The maximum Gasteiger partial charge on any atom is 0.329 e. The molecule has 0 fully saturated rings. The molecule has 0 saturated carbocycles. The highest BCUT2D eigenvalue weighted by molar-refractivity contribution is 6.60. The molecule has 2 nitrogen and oxygen atoms in total. The molecule has 1 N–H and O–H groups in total. The SMILES string of the molecule is CCCCC[CH2][Al]([CH2]CCCCC)[CH](CO)Oc1ccccc1. The van der Waals surface area contributed by atoms with Gasteiger partial charge in [-0.25, -0.2) is 0 Å². The molecule has 130 valence electrons. The average molecular weight is 334 g/mol. The quantitative estimate of drug-likeness (QED) is 0.353. The fourth-order valence-electron chi connectivity index (χ4n) is 3.14. The molecule has 1 aromatic carbocycles. The first-order valence-corrected chi connectivity index (χ1v) is 11.9. The van der Waals surface area contributed by atoms with Crippen LogP contribution in [0.2, 0.25) is 10.6 Å². The summed E-state index contributed by atoms with van der Waals surface area (Å²) in [6, 6.07) is 10.0. The smallest absolute Gasteiger partial charge is 0.329 e. The molecule has 23 heavy (non-hydrogen) atoms. The van der Waals surface area contributed by atoms with E-state index in [9.17, 15) is 5.11 Å². The van der Waals surface area contributed by atoms with Gasteiger partial charge in [-0.2, -0.15) is 0 Å². The third-order valence-electron chi connectivity index (χ3n) is 4.59. The van der Waals surface area contributed by atoms with E-state index >= 15 is 0 Å². The van der Waals surface area contributed by atoms with E-state index < -0.39 is 14.1 Å². The molecule has 0 aliphatic carbocycles. The van der Waals surface area contributed by atoms with Gasteiger partial charge in [0.15, 0.2) is 0 Å². The van der Waals surface area contributed by atoms with Crippen LogP contribution in [-0.2, 0) is 0 Å². The highest BCUT2D eigenvalue weighted by Crippen LogP contribution is 2.20. The first kappa shape index (κ1) is 20.6. The van der Waals surface area contributed by atoms with Gasteiger partial charge >= 0.3 is 14.1 Å². The van der Waals surface area contributed by atoms with Gasteiger partial charge < -0.3 is 9.84 Å². The molecule has 0 aromatic heterocycles. The number of aliphatic hydroxyl groups is 1. The summed E-state index contributed by atoms with van der Waals surface area (Å²) in [5, 5.41) is 12.5. The van der Waals surface area contributed by atoms with Crippen LogP contribution in [0, 0.1) is 0 Å². The van der Waals surface area contributed by atoms with Crippen molar-refractivity contribution in [1.29, 1.82) is 0 Å². The minimum Gasteiger partial charge on any atom is -0.504 e. The van der Waals surface area contributed by atoms with Crippen molar-refractivity contribution < 1.29 is 9.84 Å². The van der Waals surface area contributed by atoms with Gasteiger partial charge in [-0.15, -0.1) is 0 Å². The summed E-state index contributed by atoms with van der Waals surface area (Å²) in [5.41, 5.74) is 0. The minimum atomic E-state index is -1.08. The summed E-state index contributed by atoms with van der Waals surface area (Å²) in [4.78, 5) is 0.0700. The van der Waals surface area contributed by atoms with Gasteiger partial charge in [-0.05, 0) is 12.1 Å². The van der Waals surface area contributed by atoms with Crippen molar-refractivity contribution in [2.45, 2.75) is 80.7 Å². The third-order valence-corrected chi connectivity index (χ3v) is 8.29. The van der Waals surface area contributed by atoms with Crippen LogP contribution in [0.4, 0.5) is 0 Å². The Morgan fingerprint density at radius 3 is 1.91 bits per heavy atom. The largest absolute Gasteiger partial charge is 0.504 e. The molecule has 0 amide bonds. The summed E-state index contributed by atoms with van der Waals surface area (Å²) < 4.78 is 6.15. The van der Waals surface area contributed by atoms with Crippen LogP contribution < -0.4 is 4.74 Å². The van der Waals surface area contributed by atoms with Crippen molar-refractivity contribution in [3.8, 4) is 5.75 Å². The standard InChI is InChI=1S/C8H9O2.2C6H13.Al/c9-6-7-10-8-4-2-1-3-5-8;2*1-3-5-6-4-2;/h1-5,7,9H,6H2;2*1,3-6H2,2H3;. The molecule has 3 heteroatoms. The predicted octanol–water partition coefficient (Wildman–Crippen LogP) is 5.62. The fraction of sp³-hybridized carbons (Fsp3) is 0.700. The van der Waals surface area contributed by atoms with E-state index in [1.54, 1.807) is 0 Å². The van der Waals surface area contributed by atoms with Crippen LogP contribution in [-0.4, -0.2) is 30.8 Å². The summed E-state index contributed by atoms with van der Waals surface area (Å²) in [6.45, 7) is 4.69. The molecule has 0 aliphatic rings. The van der Waals surface area contributed by atoms with Gasteiger partial charge in [0.25, 0.3) is 0 Å². The summed E-state index contributed by atoms with van der Waals surface area (Å²) in [5.74, 6) is 0.908. The van der Waals surface area contributed by atoms with Crippen LogP contribution in [0.3, 0.4) is 0 Å². The molecule has 0 aliphatic heterocycles. The number of hydrogen-bond acceptors (Lipinski definition) is 2. The molecule has 0 radical (unpaired) electrons. The minimum absolute atomic E-state index is 0.0700. The number of ether oxygens (including phenoxy) is 1. The second-order valence-electron chi connectivity index (χ2n) is 6.61. The zero-order chi connectivity index (χ0) is 16.8. The van der Waals surface area contributed by atoms with Crippen LogP contribution in [0.5, 0.6) is 5.75 Å². The second kappa shape index (κ2) is 13.9. The molecule has 1 atom stereocenters. The van der Waals surface area contributed by atoms with E-state index in [-0.39, 0.29) is 11.6 Å². The first-order valence-electron chi connectivity index (χ1n) is 9.64. The Bertz CT molecular complexity index is 357. The van der Waals surface area contributed by atoms with Crippen LogP contribution in [0.1, 0.15) is 65.2 Å². The number of benzene rings is 1. The Kier molecular flexibility index (Phi) is 12.4. The maximum absolute atomic E-state index is 9.87. The Labute approximate surface area is 147 Å². The molecular formula is C20H35AlO2. The lowest BCUT2D eigenvalue weighted by molar-refractivity contribution is 0.166. The highest BCUT2D eigenvalue weighted by atomic mass is 27.2. The highest BCUT2D eigenvalue weighted by Gasteiger charge is 2.29. The first-order chi connectivity index (χ1) is 11.3. The molecular weight excluding hydrogens is 299 g/mol. The zero-order valence-corrected chi connectivity index (χ0v) is 16.3. The van der Waals surface area contributed by atoms with Crippen molar-refractivity contribution in [3.63, 3.8) is 0 Å². The van der Waals surface area contributed by atoms with E-state index in [1.807, 2.05) is 30.3 Å². The lowest BCUT2D eigenvalue weighted by Gasteiger charge is -2.23. The molecule has 0 bridgehead atoms. The van der Waals surface area contributed by atoms with Crippen LogP contribution >= 0.6 is 0 Å². The number of para-hydroxylation sites is 1. The topological polar surface area (TPSA) is 29.5 Å². The molecule has 1 aromatic rings. The maximum atomic E-state index is 9.87. The summed E-state index contributed by atoms with van der Waals surface area (Å²) >= 11 is -1.08. The van der Waals surface area contributed by atoms with Gasteiger partial charge in [0.1, 0.15) is 5.75 Å². The normalized spacial score (nSPS) is 12.1. The Morgan fingerprint density at radius 1 is 0.870 bits per heavy atom. The van der Waals surface area contributed by atoms with E-state index in [2.05, 4.69) is 13.8 Å². The number of unbranched alkanes of at least 4 members (excludes halogenated alkanes) is 6. The van der Waals surface area contributed by atoms with Crippen molar-refractivity contribution >= 4 is 14.1 Å². The Balaban J connectivity index is 2.53. The monoisotopic (exact) mass is 334 g/mol. The lowest BCUT2D eigenvalue weighted by atomic mass is 10.2. The van der Waals surface area contributed by atoms with Gasteiger partial charge in [0.2, 0.25) is 0 Å². The average Bonchev–Trinajstić information content (AvgIpc) is 2.59. The van der Waals surface area contributed by atoms with E-state index in [0.717, 1.165) is 5.75 Å². The Hall–Kier alpha value is -0.488.